The number of benzene rings is 2. The zero-order chi connectivity index (χ0) is 27.0. The highest BCUT2D eigenvalue weighted by Crippen LogP contribution is 2.33. The lowest BCUT2D eigenvalue weighted by Gasteiger charge is -2.11. The predicted molar refractivity (Wildman–Crippen MR) is 138 cm³/mol. The molecule has 3 aromatic heterocycles. The molecule has 0 aliphatic heterocycles. The number of carbonyl (C=O) groups is 1. The molecule has 0 aliphatic rings. The van der Waals surface area contributed by atoms with Gasteiger partial charge in [-0.1, -0.05) is 29.8 Å². The summed E-state index contributed by atoms with van der Waals surface area (Å²) in [6.07, 6.45) is -3.10. The number of ether oxygens (including phenoxy) is 1. The summed E-state index contributed by atoms with van der Waals surface area (Å²) in [4.78, 5) is 17.2. The number of alkyl halides is 3. The molecule has 0 bridgehead atoms. The monoisotopic (exact) mass is 604 g/mol. The molecular weight excluding hydrogens is 589 g/mol. The summed E-state index contributed by atoms with van der Waals surface area (Å²) in [6, 6.07) is 15.8. The number of anilines is 1. The van der Waals surface area contributed by atoms with Crippen molar-refractivity contribution in [2.24, 2.45) is 0 Å². The van der Waals surface area contributed by atoms with E-state index in [-0.39, 0.29) is 22.9 Å². The predicted octanol–water partition coefficient (Wildman–Crippen LogP) is 6.34. The highest BCUT2D eigenvalue weighted by molar-refractivity contribution is 9.10. The van der Waals surface area contributed by atoms with Gasteiger partial charge in [0.15, 0.2) is 22.9 Å². The van der Waals surface area contributed by atoms with E-state index in [2.05, 4.69) is 36.4 Å². The second-order valence-electron chi connectivity index (χ2n) is 8.12. The molecule has 1 N–H and O–H groups in total. The summed E-state index contributed by atoms with van der Waals surface area (Å²) in [5.74, 6) is -0.0324. The quantitative estimate of drug-likeness (QED) is 0.244. The van der Waals surface area contributed by atoms with Crippen LogP contribution in [-0.4, -0.2) is 37.4 Å². The third kappa shape index (κ3) is 5.22. The van der Waals surface area contributed by atoms with E-state index in [1.165, 1.54) is 13.2 Å². The van der Waals surface area contributed by atoms with Gasteiger partial charge in [0, 0.05) is 22.8 Å². The van der Waals surface area contributed by atoms with E-state index < -0.39 is 17.8 Å². The summed E-state index contributed by atoms with van der Waals surface area (Å²) >= 11 is 9.55. The number of amides is 1. The van der Waals surface area contributed by atoms with Crippen LogP contribution in [0, 0.1) is 0 Å². The van der Waals surface area contributed by atoms with Gasteiger partial charge >= 0.3 is 6.18 Å². The molecule has 3 heterocycles. The van der Waals surface area contributed by atoms with E-state index in [1.54, 1.807) is 41.2 Å². The fourth-order valence-corrected chi connectivity index (χ4v) is 4.34. The first-order chi connectivity index (χ1) is 18.1. The van der Waals surface area contributed by atoms with Crippen molar-refractivity contribution < 1.29 is 22.7 Å². The summed E-state index contributed by atoms with van der Waals surface area (Å²) in [7, 11) is 1.49. The molecule has 0 radical (unpaired) electrons. The molecule has 13 heteroatoms. The Bertz CT molecular complexity index is 1650. The second kappa shape index (κ2) is 10.1. The first-order valence-corrected chi connectivity index (χ1v) is 12.2. The van der Waals surface area contributed by atoms with Crippen LogP contribution in [0.3, 0.4) is 0 Å². The number of hydrogen-bond acceptors (Lipinski definition) is 5. The van der Waals surface area contributed by atoms with Crippen molar-refractivity contribution in [1.29, 1.82) is 0 Å². The van der Waals surface area contributed by atoms with Gasteiger partial charge in [-0.3, -0.25) is 9.48 Å². The molecule has 0 aliphatic carbocycles. The van der Waals surface area contributed by atoms with Crippen LogP contribution in [-0.2, 0) is 12.7 Å². The maximum Gasteiger partial charge on any atom is 0.433 e. The molecule has 2 aromatic carbocycles. The molecule has 0 atom stereocenters. The Morgan fingerprint density at radius 1 is 1.11 bits per heavy atom. The van der Waals surface area contributed by atoms with Gasteiger partial charge in [-0.15, -0.1) is 0 Å². The molecule has 5 rings (SSSR count). The van der Waals surface area contributed by atoms with E-state index in [9.17, 15) is 18.0 Å². The van der Waals surface area contributed by atoms with Crippen LogP contribution in [0.4, 0.5) is 19.0 Å². The Hall–Kier alpha value is -3.90. The highest BCUT2D eigenvalue weighted by Gasteiger charge is 2.35. The molecule has 0 saturated carbocycles. The maximum atomic E-state index is 13.9. The largest absolute Gasteiger partial charge is 0.497 e. The third-order valence-corrected chi connectivity index (χ3v) is 6.52. The average molecular weight is 606 g/mol. The second-order valence-corrected chi connectivity index (χ2v) is 9.38. The van der Waals surface area contributed by atoms with E-state index >= 15 is 0 Å². The number of fused-ring (bicyclic) bond motifs is 1. The topological polar surface area (TPSA) is 86.3 Å². The van der Waals surface area contributed by atoms with Gasteiger partial charge in [0.2, 0.25) is 0 Å². The number of nitrogens with zero attached hydrogens (tertiary/aromatic N) is 5. The number of carbonyl (C=O) groups excluding carboxylic acids is 1. The Kier molecular flexibility index (Phi) is 6.84. The van der Waals surface area contributed by atoms with Crippen LogP contribution >= 0.6 is 27.5 Å². The van der Waals surface area contributed by atoms with Crippen molar-refractivity contribution in [3.05, 3.63) is 93.3 Å². The van der Waals surface area contributed by atoms with Crippen LogP contribution in [0.1, 0.15) is 21.7 Å². The molecule has 8 nitrogen and oxygen atoms in total. The van der Waals surface area contributed by atoms with Crippen molar-refractivity contribution in [3.63, 3.8) is 0 Å². The molecule has 194 valence electrons. The number of rotatable bonds is 6. The van der Waals surface area contributed by atoms with Crippen molar-refractivity contribution in [2.75, 3.05) is 12.4 Å². The normalized spacial score (nSPS) is 11.6. The van der Waals surface area contributed by atoms with E-state index in [0.717, 1.165) is 11.6 Å². The fourth-order valence-electron chi connectivity index (χ4n) is 3.73. The van der Waals surface area contributed by atoms with Gasteiger partial charge in [-0.05, 0) is 57.9 Å². The first-order valence-electron chi connectivity index (χ1n) is 11.0. The van der Waals surface area contributed by atoms with E-state index in [4.69, 9.17) is 16.3 Å². The van der Waals surface area contributed by atoms with Crippen LogP contribution in [0.15, 0.2) is 71.3 Å². The van der Waals surface area contributed by atoms with Crippen molar-refractivity contribution in [1.82, 2.24) is 24.4 Å². The summed E-state index contributed by atoms with van der Waals surface area (Å²) in [5.41, 5.74) is -0.140. The molecule has 0 spiro atoms. The molecule has 0 saturated heterocycles. The van der Waals surface area contributed by atoms with Crippen molar-refractivity contribution in [3.8, 4) is 17.0 Å². The lowest BCUT2D eigenvalue weighted by atomic mass is 10.1. The minimum atomic E-state index is -4.75. The third-order valence-electron chi connectivity index (χ3n) is 5.58. The van der Waals surface area contributed by atoms with Crippen molar-refractivity contribution >= 4 is 44.9 Å². The zero-order valence-corrected chi connectivity index (χ0v) is 21.8. The van der Waals surface area contributed by atoms with Crippen LogP contribution < -0.4 is 10.1 Å². The summed E-state index contributed by atoms with van der Waals surface area (Å²) < 4.78 is 49.5. The zero-order valence-electron chi connectivity index (χ0n) is 19.5. The van der Waals surface area contributed by atoms with Gasteiger partial charge in [0.05, 0.1) is 23.8 Å². The van der Waals surface area contributed by atoms with Crippen LogP contribution in [0.25, 0.3) is 16.9 Å². The summed E-state index contributed by atoms with van der Waals surface area (Å²) in [5, 5.41) is 11.4. The fraction of sp³-hybridized carbons (Fsp3) is 0.120. The molecule has 0 unspecified atom stereocenters. The number of methoxy groups -OCH3 is 1. The van der Waals surface area contributed by atoms with E-state index in [0.29, 0.717) is 31.9 Å². The lowest BCUT2D eigenvalue weighted by Crippen LogP contribution is -2.16. The lowest BCUT2D eigenvalue weighted by molar-refractivity contribution is -0.142. The van der Waals surface area contributed by atoms with Crippen molar-refractivity contribution in [2.45, 2.75) is 12.7 Å². The maximum absolute atomic E-state index is 13.9. The molecule has 1 amide bonds. The average Bonchev–Trinajstić information content (AvgIpc) is 3.47. The Morgan fingerprint density at radius 2 is 1.84 bits per heavy atom. The number of halogens is 5. The van der Waals surface area contributed by atoms with Crippen LogP contribution in [0.5, 0.6) is 5.75 Å². The minimum absolute atomic E-state index is 0.0698. The first kappa shape index (κ1) is 25.7. The Labute approximate surface area is 227 Å². The van der Waals surface area contributed by atoms with E-state index in [1.807, 2.05) is 18.2 Å². The molecule has 38 heavy (non-hydrogen) atoms. The smallest absolute Gasteiger partial charge is 0.433 e. The SMILES string of the molecule is COc1ccc(-c2cc(C(F)(F)F)n3nc(C(=O)Nc4nn(Cc5ccccc5Cl)cc4Br)cc3n2)cc1. The highest BCUT2D eigenvalue weighted by atomic mass is 79.9. The Balaban J connectivity index is 1.45. The van der Waals surface area contributed by atoms with Crippen LogP contribution in [0.2, 0.25) is 5.02 Å². The van der Waals surface area contributed by atoms with Gasteiger partial charge in [-0.25, -0.2) is 9.50 Å². The van der Waals surface area contributed by atoms with Gasteiger partial charge in [0.25, 0.3) is 5.91 Å². The van der Waals surface area contributed by atoms with Gasteiger partial charge in [0.1, 0.15) is 5.75 Å². The number of aromatic nitrogens is 5. The Morgan fingerprint density at radius 3 is 2.53 bits per heavy atom. The van der Waals surface area contributed by atoms with Gasteiger partial charge < -0.3 is 10.1 Å². The molecule has 0 fully saturated rings. The number of hydrogen-bond donors (Lipinski definition) is 1. The summed E-state index contributed by atoms with van der Waals surface area (Å²) in [6.45, 7) is 0.343. The standard InChI is InChI=1S/C25H17BrClF3N6O2/c1-38-16-8-6-14(7-9-16)19-10-21(25(28,29)30)36-22(31-19)11-20(33-36)24(37)32-23-17(26)13-35(34-23)12-15-4-2-3-5-18(15)27/h2-11,13H,12H2,1H3,(H,32,34,37). The van der Waals surface area contributed by atoms with Gasteiger partial charge in [-0.2, -0.15) is 23.4 Å². The number of nitrogens with one attached hydrogen (secondary N) is 1. The molecule has 5 aromatic rings. The minimum Gasteiger partial charge on any atom is -0.497 e. The molecular formula is C25H17BrClF3N6O2.